The van der Waals surface area contributed by atoms with Crippen molar-refractivity contribution in [1.29, 1.82) is 0 Å². The molecule has 0 unspecified atom stereocenters. The fourth-order valence-corrected chi connectivity index (χ4v) is 2.16. The Hall–Kier alpha value is -1.76. The van der Waals surface area contributed by atoms with E-state index in [9.17, 15) is 4.79 Å². The average Bonchev–Trinajstić information content (AvgIpc) is 2.86. The zero-order valence-electron chi connectivity index (χ0n) is 9.45. The number of aromatic nitrogens is 4. The Kier molecular flexibility index (Phi) is 2.83. The first-order chi connectivity index (χ1) is 8.74. The number of fused-ring (bicyclic) bond motifs is 1. The van der Waals surface area contributed by atoms with Gasteiger partial charge in [0.05, 0.1) is 12.1 Å². The van der Waals surface area contributed by atoms with E-state index in [-0.39, 0.29) is 5.91 Å². The number of nitrogens with zero attached hydrogens (tertiary/aromatic N) is 5. The van der Waals surface area contributed by atoms with Crippen LogP contribution in [0.25, 0.3) is 0 Å². The molecule has 3 rings (SSSR count). The minimum Gasteiger partial charge on any atom is -0.329 e. The van der Waals surface area contributed by atoms with E-state index in [4.69, 9.17) is 0 Å². The summed E-state index contributed by atoms with van der Waals surface area (Å²) in [6.45, 7) is 1.90. The monoisotopic (exact) mass is 307 g/mol. The van der Waals surface area contributed by atoms with Gasteiger partial charge in [0.15, 0.2) is 5.82 Å². The van der Waals surface area contributed by atoms with E-state index in [1.54, 1.807) is 29.6 Å². The van der Waals surface area contributed by atoms with Crippen molar-refractivity contribution in [3.63, 3.8) is 0 Å². The summed E-state index contributed by atoms with van der Waals surface area (Å²) in [6, 6.07) is 3.53. The number of pyridine rings is 1. The van der Waals surface area contributed by atoms with Gasteiger partial charge in [0.25, 0.3) is 5.91 Å². The molecule has 0 aromatic carbocycles. The second-order valence-electron chi connectivity index (χ2n) is 4.04. The number of carbonyl (C=O) groups is 1. The molecule has 0 aliphatic carbocycles. The second-order valence-corrected chi connectivity index (χ2v) is 4.85. The third kappa shape index (κ3) is 2.01. The molecule has 1 amide bonds. The van der Waals surface area contributed by atoms with Gasteiger partial charge in [0.2, 0.25) is 0 Å². The molecule has 0 saturated heterocycles. The number of carbonyl (C=O) groups excluding carboxylic acids is 1. The maximum atomic E-state index is 12.3. The molecule has 2 aromatic heterocycles. The molecule has 0 bridgehead atoms. The van der Waals surface area contributed by atoms with E-state index >= 15 is 0 Å². The normalized spacial score (nSPS) is 14.4. The predicted octanol–water partition coefficient (Wildman–Crippen LogP) is 1.09. The third-order valence-corrected chi connectivity index (χ3v) is 3.37. The fourth-order valence-electron chi connectivity index (χ4n) is 1.92. The number of hydrogen-bond donors (Lipinski definition) is 0. The van der Waals surface area contributed by atoms with Crippen molar-refractivity contribution in [1.82, 2.24) is 24.6 Å². The molecular weight excluding hydrogens is 298 g/mol. The first-order valence-corrected chi connectivity index (χ1v) is 6.31. The third-order valence-electron chi connectivity index (χ3n) is 2.90. The Morgan fingerprint density at radius 2 is 2.22 bits per heavy atom. The molecule has 18 heavy (non-hydrogen) atoms. The van der Waals surface area contributed by atoms with Crippen LogP contribution in [0, 0.1) is 0 Å². The van der Waals surface area contributed by atoms with E-state index in [1.807, 2.05) is 4.57 Å². The molecule has 0 saturated carbocycles. The second kappa shape index (κ2) is 4.49. The first-order valence-electron chi connectivity index (χ1n) is 5.51. The summed E-state index contributed by atoms with van der Waals surface area (Å²) in [6.07, 6.45) is 3.27. The van der Waals surface area contributed by atoms with Crippen molar-refractivity contribution >= 4 is 21.8 Å². The lowest BCUT2D eigenvalue weighted by molar-refractivity contribution is 0.0707. The van der Waals surface area contributed by atoms with E-state index in [0.717, 1.165) is 17.0 Å². The van der Waals surface area contributed by atoms with Crippen LogP contribution in [0.15, 0.2) is 29.3 Å². The Morgan fingerprint density at radius 3 is 3.00 bits per heavy atom. The van der Waals surface area contributed by atoms with Gasteiger partial charge < -0.3 is 9.47 Å². The average molecular weight is 308 g/mol. The van der Waals surface area contributed by atoms with E-state index in [2.05, 4.69) is 31.1 Å². The van der Waals surface area contributed by atoms with Gasteiger partial charge in [0, 0.05) is 19.3 Å². The van der Waals surface area contributed by atoms with Gasteiger partial charge in [-0.1, -0.05) is 0 Å². The Morgan fingerprint density at radius 1 is 1.33 bits per heavy atom. The number of amides is 1. The lowest BCUT2D eigenvalue weighted by Gasteiger charge is -2.26. The summed E-state index contributed by atoms with van der Waals surface area (Å²) in [4.78, 5) is 18.1. The maximum Gasteiger partial charge on any atom is 0.255 e. The molecule has 6 nitrogen and oxygen atoms in total. The van der Waals surface area contributed by atoms with Crippen molar-refractivity contribution in [3.05, 3.63) is 40.6 Å². The first kappa shape index (κ1) is 11.3. The number of hydrogen-bond acceptors (Lipinski definition) is 4. The van der Waals surface area contributed by atoms with E-state index in [1.165, 1.54) is 0 Å². The fraction of sp³-hybridized carbons (Fsp3) is 0.273. The highest BCUT2D eigenvalue weighted by molar-refractivity contribution is 9.10. The Bertz CT molecular complexity index is 579. The quantitative estimate of drug-likeness (QED) is 0.740. The van der Waals surface area contributed by atoms with Crippen LogP contribution in [0.1, 0.15) is 16.2 Å². The van der Waals surface area contributed by atoms with Crippen LogP contribution in [-0.4, -0.2) is 37.1 Å². The van der Waals surface area contributed by atoms with Gasteiger partial charge in [-0.05, 0) is 28.1 Å². The summed E-state index contributed by atoms with van der Waals surface area (Å²) < 4.78 is 2.68. The number of halogens is 1. The van der Waals surface area contributed by atoms with Crippen LogP contribution in [0.5, 0.6) is 0 Å². The van der Waals surface area contributed by atoms with Crippen LogP contribution >= 0.6 is 15.9 Å². The standard InChI is InChI=1S/C11H10BrN5O/c12-9-2-1-8(5-13-9)11(18)16-3-4-17-7-14-15-10(17)6-16/h1-2,5,7H,3-4,6H2. The summed E-state index contributed by atoms with van der Waals surface area (Å²) >= 11 is 3.25. The van der Waals surface area contributed by atoms with E-state index in [0.29, 0.717) is 18.7 Å². The van der Waals surface area contributed by atoms with Crippen LogP contribution < -0.4 is 0 Å². The van der Waals surface area contributed by atoms with Gasteiger partial charge in [-0.15, -0.1) is 10.2 Å². The molecule has 92 valence electrons. The molecule has 0 fully saturated rings. The van der Waals surface area contributed by atoms with Crippen molar-refractivity contribution in [2.45, 2.75) is 13.1 Å². The molecule has 1 aliphatic rings. The smallest absolute Gasteiger partial charge is 0.255 e. The summed E-state index contributed by atoms with van der Waals surface area (Å²) in [5, 5.41) is 7.83. The van der Waals surface area contributed by atoms with Crippen LogP contribution in [0.3, 0.4) is 0 Å². The molecule has 3 heterocycles. The van der Waals surface area contributed by atoms with Crippen molar-refractivity contribution in [2.24, 2.45) is 0 Å². The van der Waals surface area contributed by atoms with E-state index < -0.39 is 0 Å². The van der Waals surface area contributed by atoms with Gasteiger partial charge in [0.1, 0.15) is 10.9 Å². The Labute approximate surface area is 112 Å². The maximum absolute atomic E-state index is 12.3. The van der Waals surface area contributed by atoms with Crippen LogP contribution in [-0.2, 0) is 13.1 Å². The van der Waals surface area contributed by atoms with Gasteiger partial charge in [-0.25, -0.2) is 4.98 Å². The summed E-state index contributed by atoms with van der Waals surface area (Å²) in [7, 11) is 0. The van der Waals surface area contributed by atoms with Gasteiger partial charge in [-0.2, -0.15) is 0 Å². The van der Waals surface area contributed by atoms with Crippen LogP contribution in [0.2, 0.25) is 0 Å². The molecule has 1 aliphatic heterocycles. The molecule has 0 atom stereocenters. The zero-order chi connectivity index (χ0) is 12.5. The lowest BCUT2D eigenvalue weighted by atomic mass is 10.2. The largest absolute Gasteiger partial charge is 0.329 e. The minimum atomic E-state index is -0.0238. The highest BCUT2D eigenvalue weighted by Gasteiger charge is 2.22. The highest BCUT2D eigenvalue weighted by atomic mass is 79.9. The van der Waals surface area contributed by atoms with Crippen molar-refractivity contribution < 1.29 is 4.79 Å². The Balaban J connectivity index is 1.80. The summed E-state index contributed by atoms with van der Waals surface area (Å²) in [5.74, 6) is 0.795. The van der Waals surface area contributed by atoms with Crippen molar-refractivity contribution in [2.75, 3.05) is 6.54 Å². The van der Waals surface area contributed by atoms with Crippen molar-refractivity contribution in [3.8, 4) is 0 Å². The molecule has 2 aromatic rings. The lowest BCUT2D eigenvalue weighted by Crippen LogP contribution is -2.38. The van der Waals surface area contributed by atoms with Crippen LogP contribution in [0.4, 0.5) is 0 Å². The van der Waals surface area contributed by atoms with Gasteiger partial charge in [-0.3, -0.25) is 4.79 Å². The zero-order valence-corrected chi connectivity index (χ0v) is 11.0. The number of rotatable bonds is 1. The molecule has 0 N–H and O–H groups in total. The molecule has 0 radical (unpaired) electrons. The summed E-state index contributed by atoms with van der Waals surface area (Å²) in [5.41, 5.74) is 0.589. The molecule has 0 spiro atoms. The minimum absolute atomic E-state index is 0.0238. The molecule has 7 heteroatoms. The highest BCUT2D eigenvalue weighted by Crippen LogP contribution is 2.14. The SMILES string of the molecule is O=C(c1ccc(Br)nc1)N1CCn2cnnc2C1. The molecular formula is C11H10BrN5O. The van der Waals surface area contributed by atoms with Gasteiger partial charge >= 0.3 is 0 Å². The topological polar surface area (TPSA) is 63.9 Å². The predicted molar refractivity (Wildman–Crippen MR) is 66.7 cm³/mol.